The van der Waals surface area contributed by atoms with Crippen molar-refractivity contribution in [3.8, 4) is 11.3 Å². The number of H-pyrrole nitrogens is 1. The molecule has 1 aliphatic carbocycles. The molecule has 2 aromatic carbocycles. The summed E-state index contributed by atoms with van der Waals surface area (Å²) < 4.78 is 0. The molecule has 1 aromatic heterocycles. The van der Waals surface area contributed by atoms with Crippen LogP contribution < -0.4 is 0 Å². The molecular formula is C16H14N2. The molecule has 18 heavy (non-hydrogen) atoms. The van der Waals surface area contributed by atoms with Gasteiger partial charge in [0.1, 0.15) is 0 Å². The number of aromatic amines is 1. The molecule has 88 valence electrons. The zero-order valence-electron chi connectivity index (χ0n) is 10.1. The molecule has 0 atom stereocenters. The van der Waals surface area contributed by atoms with E-state index in [0.717, 1.165) is 11.2 Å². The Morgan fingerprint density at radius 3 is 2.83 bits per heavy atom. The lowest BCUT2D eigenvalue weighted by molar-refractivity contribution is 0.912. The molecule has 2 nitrogen and oxygen atoms in total. The maximum Gasteiger partial charge on any atom is 0.0999 e. The van der Waals surface area contributed by atoms with Crippen LogP contribution in [0, 0.1) is 0 Å². The smallest absolute Gasteiger partial charge is 0.0999 e. The highest BCUT2D eigenvalue weighted by Gasteiger charge is 2.13. The van der Waals surface area contributed by atoms with E-state index in [4.69, 9.17) is 0 Å². The number of nitrogens with one attached hydrogen (secondary N) is 1. The van der Waals surface area contributed by atoms with Crippen LogP contribution in [0.25, 0.3) is 22.2 Å². The van der Waals surface area contributed by atoms with Gasteiger partial charge in [0.2, 0.25) is 0 Å². The summed E-state index contributed by atoms with van der Waals surface area (Å²) >= 11 is 0. The van der Waals surface area contributed by atoms with E-state index >= 15 is 0 Å². The SMILES string of the molecule is c1ccc2c(-c3ccc4c(c3)CCC4)n[nH]c2c1. The first-order valence-corrected chi connectivity index (χ1v) is 6.47. The third-order valence-corrected chi connectivity index (χ3v) is 3.84. The van der Waals surface area contributed by atoms with Crippen molar-refractivity contribution >= 4 is 10.9 Å². The number of aryl methyl sites for hydroxylation is 2. The predicted molar refractivity (Wildman–Crippen MR) is 73.6 cm³/mol. The molecule has 0 unspecified atom stereocenters. The zero-order chi connectivity index (χ0) is 11.9. The van der Waals surface area contributed by atoms with Crippen LogP contribution in [0.4, 0.5) is 0 Å². The van der Waals surface area contributed by atoms with E-state index in [2.05, 4.69) is 46.6 Å². The fraction of sp³-hybridized carbons (Fsp3) is 0.188. The Balaban J connectivity index is 1.92. The second kappa shape index (κ2) is 3.70. The first-order chi connectivity index (χ1) is 8.92. The van der Waals surface area contributed by atoms with Crippen LogP contribution in [-0.4, -0.2) is 10.2 Å². The molecule has 2 heteroatoms. The first-order valence-electron chi connectivity index (χ1n) is 6.47. The summed E-state index contributed by atoms with van der Waals surface area (Å²) in [6.07, 6.45) is 3.74. The van der Waals surface area contributed by atoms with Gasteiger partial charge in [-0.3, -0.25) is 5.10 Å². The van der Waals surface area contributed by atoms with E-state index < -0.39 is 0 Å². The number of nitrogens with zero attached hydrogens (tertiary/aromatic N) is 1. The average molecular weight is 234 g/mol. The standard InChI is InChI=1S/C16H14N2/c1-2-7-15-14(6-1)16(18-17-15)13-9-8-11-4-3-5-12(11)10-13/h1-2,6-10H,3-5H2,(H,17,18). The van der Waals surface area contributed by atoms with E-state index in [1.54, 1.807) is 0 Å². The van der Waals surface area contributed by atoms with Gasteiger partial charge in [-0.25, -0.2) is 0 Å². The fourth-order valence-corrected chi connectivity index (χ4v) is 2.90. The maximum atomic E-state index is 4.47. The highest BCUT2D eigenvalue weighted by molar-refractivity contribution is 5.92. The van der Waals surface area contributed by atoms with Crippen LogP contribution in [0.1, 0.15) is 17.5 Å². The third kappa shape index (κ3) is 1.39. The average Bonchev–Trinajstić information content (AvgIpc) is 3.04. The van der Waals surface area contributed by atoms with Crippen LogP contribution in [0.2, 0.25) is 0 Å². The molecule has 0 spiro atoms. The Labute approximate surface area is 106 Å². The van der Waals surface area contributed by atoms with Crippen molar-refractivity contribution in [1.29, 1.82) is 0 Å². The minimum Gasteiger partial charge on any atom is -0.277 e. The number of hydrogen-bond acceptors (Lipinski definition) is 1. The Kier molecular flexibility index (Phi) is 2.04. The molecule has 4 rings (SSSR count). The van der Waals surface area contributed by atoms with Crippen molar-refractivity contribution < 1.29 is 0 Å². The van der Waals surface area contributed by atoms with Gasteiger partial charge in [-0.1, -0.05) is 30.3 Å². The second-order valence-corrected chi connectivity index (χ2v) is 4.95. The van der Waals surface area contributed by atoms with Crippen molar-refractivity contribution in [1.82, 2.24) is 10.2 Å². The quantitative estimate of drug-likeness (QED) is 0.683. The predicted octanol–water partition coefficient (Wildman–Crippen LogP) is 3.72. The maximum absolute atomic E-state index is 4.47. The Morgan fingerprint density at radius 2 is 1.83 bits per heavy atom. The van der Waals surface area contributed by atoms with E-state index in [1.807, 2.05) is 6.07 Å². The van der Waals surface area contributed by atoms with Gasteiger partial charge in [0.15, 0.2) is 0 Å². The summed E-state index contributed by atoms with van der Waals surface area (Å²) in [6, 6.07) is 15.1. The lowest BCUT2D eigenvalue weighted by atomic mass is 10.0. The second-order valence-electron chi connectivity index (χ2n) is 4.95. The third-order valence-electron chi connectivity index (χ3n) is 3.84. The molecule has 0 aliphatic heterocycles. The van der Waals surface area contributed by atoms with E-state index in [1.165, 1.54) is 41.3 Å². The number of fused-ring (bicyclic) bond motifs is 2. The first kappa shape index (κ1) is 9.89. The van der Waals surface area contributed by atoms with Crippen molar-refractivity contribution in [2.24, 2.45) is 0 Å². The molecular weight excluding hydrogens is 220 g/mol. The minimum atomic E-state index is 1.07. The van der Waals surface area contributed by atoms with E-state index in [0.29, 0.717) is 0 Å². The monoisotopic (exact) mass is 234 g/mol. The Morgan fingerprint density at radius 1 is 0.944 bits per heavy atom. The molecule has 0 radical (unpaired) electrons. The number of benzene rings is 2. The Bertz CT molecular complexity index is 725. The highest BCUT2D eigenvalue weighted by Crippen LogP contribution is 2.30. The van der Waals surface area contributed by atoms with Gasteiger partial charge in [-0.05, 0) is 42.5 Å². The molecule has 1 heterocycles. The lowest BCUT2D eigenvalue weighted by Crippen LogP contribution is -1.85. The van der Waals surface area contributed by atoms with Crippen molar-refractivity contribution in [2.45, 2.75) is 19.3 Å². The van der Waals surface area contributed by atoms with Crippen LogP contribution in [-0.2, 0) is 12.8 Å². The van der Waals surface area contributed by atoms with Gasteiger partial charge < -0.3 is 0 Å². The van der Waals surface area contributed by atoms with Crippen molar-refractivity contribution in [3.05, 3.63) is 53.6 Å². The summed E-state index contributed by atoms with van der Waals surface area (Å²) in [5.41, 5.74) is 6.42. The van der Waals surface area contributed by atoms with Crippen LogP contribution in [0.15, 0.2) is 42.5 Å². The fourth-order valence-electron chi connectivity index (χ4n) is 2.90. The number of rotatable bonds is 1. The van der Waals surface area contributed by atoms with Crippen molar-refractivity contribution in [2.75, 3.05) is 0 Å². The summed E-state index contributed by atoms with van der Waals surface area (Å²) in [6.45, 7) is 0. The summed E-state index contributed by atoms with van der Waals surface area (Å²) in [4.78, 5) is 0. The number of para-hydroxylation sites is 1. The largest absolute Gasteiger partial charge is 0.277 e. The molecule has 0 fully saturated rings. The summed E-state index contributed by atoms with van der Waals surface area (Å²) in [7, 11) is 0. The zero-order valence-corrected chi connectivity index (χ0v) is 10.1. The van der Waals surface area contributed by atoms with Gasteiger partial charge in [0, 0.05) is 10.9 Å². The van der Waals surface area contributed by atoms with Gasteiger partial charge >= 0.3 is 0 Å². The van der Waals surface area contributed by atoms with E-state index in [-0.39, 0.29) is 0 Å². The molecule has 0 amide bonds. The lowest BCUT2D eigenvalue weighted by Gasteiger charge is -2.02. The van der Waals surface area contributed by atoms with E-state index in [9.17, 15) is 0 Å². The van der Waals surface area contributed by atoms with Crippen LogP contribution in [0.5, 0.6) is 0 Å². The number of aromatic nitrogens is 2. The molecule has 1 N–H and O–H groups in total. The highest BCUT2D eigenvalue weighted by atomic mass is 15.1. The summed E-state index contributed by atoms with van der Waals surface area (Å²) in [5, 5.41) is 8.77. The Hall–Kier alpha value is -2.09. The minimum absolute atomic E-state index is 1.07. The normalized spacial score (nSPS) is 14.0. The van der Waals surface area contributed by atoms with Gasteiger partial charge in [0.05, 0.1) is 11.2 Å². The topological polar surface area (TPSA) is 28.7 Å². The number of hydrogen-bond donors (Lipinski definition) is 1. The molecule has 0 saturated carbocycles. The molecule has 3 aromatic rings. The van der Waals surface area contributed by atoms with Gasteiger partial charge in [0.25, 0.3) is 0 Å². The van der Waals surface area contributed by atoms with Crippen molar-refractivity contribution in [3.63, 3.8) is 0 Å². The van der Waals surface area contributed by atoms with Gasteiger partial charge in [-0.15, -0.1) is 0 Å². The molecule has 1 aliphatic rings. The van der Waals surface area contributed by atoms with Crippen LogP contribution in [0.3, 0.4) is 0 Å². The van der Waals surface area contributed by atoms with Gasteiger partial charge in [-0.2, -0.15) is 5.10 Å². The molecule has 0 bridgehead atoms. The van der Waals surface area contributed by atoms with Crippen LogP contribution >= 0.6 is 0 Å². The molecule has 0 saturated heterocycles. The summed E-state index contributed by atoms with van der Waals surface area (Å²) in [5.74, 6) is 0.